The van der Waals surface area contributed by atoms with Crippen molar-refractivity contribution >= 4 is 16.6 Å². The number of fused-ring (bicyclic) bond motifs is 1. The quantitative estimate of drug-likeness (QED) is 0.637. The summed E-state index contributed by atoms with van der Waals surface area (Å²) in [5.41, 5.74) is 5.46. The minimum absolute atomic E-state index is 0.743. The predicted octanol–water partition coefficient (Wildman–Crippen LogP) is 4.62. The van der Waals surface area contributed by atoms with Gasteiger partial charge in [-0.05, 0) is 30.5 Å². The second-order valence-corrected chi connectivity index (χ2v) is 4.69. The monoisotopic (exact) mass is 246 g/mol. The van der Waals surface area contributed by atoms with E-state index in [4.69, 9.17) is 6.57 Å². The molecule has 0 spiro atoms. The Morgan fingerprint density at radius 3 is 2.63 bits per heavy atom. The van der Waals surface area contributed by atoms with Crippen LogP contribution in [0, 0.1) is 13.5 Å². The first-order valence-electron chi connectivity index (χ1n) is 6.31. The number of rotatable bonds is 2. The average molecular weight is 246 g/mol. The number of benzene rings is 2. The van der Waals surface area contributed by atoms with Crippen LogP contribution in [0.4, 0.5) is 5.69 Å². The fourth-order valence-electron chi connectivity index (χ4n) is 2.52. The molecule has 0 aliphatic carbocycles. The summed E-state index contributed by atoms with van der Waals surface area (Å²) in [6, 6.07) is 16.1. The molecule has 0 unspecified atom stereocenters. The number of aromatic amines is 1. The highest BCUT2D eigenvalue weighted by atomic mass is 14.7. The summed E-state index contributed by atoms with van der Waals surface area (Å²) >= 11 is 0. The van der Waals surface area contributed by atoms with E-state index >= 15 is 0 Å². The molecule has 2 heteroatoms. The molecule has 0 saturated heterocycles. The Morgan fingerprint density at radius 2 is 1.79 bits per heavy atom. The zero-order valence-corrected chi connectivity index (χ0v) is 10.8. The molecule has 0 atom stereocenters. The molecule has 3 aromatic rings. The summed E-state index contributed by atoms with van der Waals surface area (Å²) in [4.78, 5) is 7.01. The SMILES string of the molecule is [C-]#[N+]c1ccccc1Cc1c(C)[nH]c2ccccc12. The van der Waals surface area contributed by atoms with Crippen molar-refractivity contribution in [3.63, 3.8) is 0 Å². The largest absolute Gasteiger partial charge is 0.358 e. The van der Waals surface area contributed by atoms with E-state index in [0.717, 1.165) is 23.2 Å². The van der Waals surface area contributed by atoms with Crippen LogP contribution >= 0.6 is 0 Å². The number of aromatic nitrogens is 1. The number of H-pyrrole nitrogens is 1. The zero-order chi connectivity index (χ0) is 13.2. The molecule has 19 heavy (non-hydrogen) atoms. The van der Waals surface area contributed by atoms with Gasteiger partial charge in [0.25, 0.3) is 0 Å². The second-order valence-electron chi connectivity index (χ2n) is 4.69. The standard InChI is InChI=1S/C17H14N2/c1-12-15(14-8-4-6-10-17(14)19-12)11-13-7-3-5-9-16(13)18-2/h3-10,19H,11H2,1H3. The minimum Gasteiger partial charge on any atom is -0.358 e. The number of nitrogens with zero attached hydrogens (tertiary/aromatic N) is 1. The summed E-state index contributed by atoms with van der Waals surface area (Å²) in [7, 11) is 0. The summed E-state index contributed by atoms with van der Waals surface area (Å²) in [6.07, 6.45) is 0.800. The van der Waals surface area contributed by atoms with Gasteiger partial charge in [-0.1, -0.05) is 42.5 Å². The Hall–Kier alpha value is -2.53. The molecule has 0 radical (unpaired) electrons. The van der Waals surface area contributed by atoms with Gasteiger partial charge in [-0.25, -0.2) is 4.85 Å². The molecule has 0 amide bonds. The highest BCUT2D eigenvalue weighted by molar-refractivity contribution is 5.85. The van der Waals surface area contributed by atoms with Crippen molar-refractivity contribution in [2.75, 3.05) is 0 Å². The van der Waals surface area contributed by atoms with Crippen molar-refractivity contribution in [3.8, 4) is 0 Å². The molecular formula is C17H14N2. The Balaban J connectivity index is 2.11. The maximum Gasteiger partial charge on any atom is 0.190 e. The van der Waals surface area contributed by atoms with Crippen LogP contribution in [0.2, 0.25) is 0 Å². The lowest BCUT2D eigenvalue weighted by atomic mass is 10.0. The van der Waals surface area contributed by atoms with E-state index < -0.39 is 0 Å². The van der Waals surface area contributed by atoms with Crippen molar-refractivity contribution in [2.45, 2.75) is 13.3 Å². The fourth-order valence-corrected chi connectivity index (χ4v) is 2.52. The van der Waals surface area contributed by atoms with E-state index in [-0.39, 0.29) is 0 Å². The van der Waals surface area contributed by atoms with Gasteiger partial charge in [-0.15, -0.1) is 0 Å². The van der Waals surface area contributed by atoms with Gasteiger partial charge >= 0.3 is 0 Å². The number of aryl methyl sites for hydroxylation is 1. The molecule has 2 nitrogen and oxygen atoms in total. The van der Waals surface area contributed by atoms with Gasteiger partial charge in [0.15, 0.2) is 5.69 Å². The number of hydrogen-bond donors (Lipinski definition) is 1. The average Bonchev–Trinajstić information content (AvgIpc) is 2.76. The first kappa shape index (κ1) is 11.6. The molecule has 2 aromatic carbocycles. The lowest BCUT2D eigenvalue weighted by Gasteiger charge is -2.04. The number of nitrogens with one attached hydrogen (secondary N) is 1. The second kappa shape index (κ2) is 4.62. The molecule has 0 aliphatic heterocycles. The normalized spacial score (nSPS) is 10.5. The van der Waals surface area contributed by atoms with Crippen LogP contribution in [-0.2, 0) is 6.42 Å². The first-order valence-corrected chi connectivity index (χ1v) is 6.31. The highest BCUT2D eigenvalue weighted by Gasteiger charge is 2.10. The molecule has 3 rings (SSSR count). The van der Waals surface area contributed by atoms with Crippen LogP contribution in [0.3, 0.4) is 0 Å². The van der Waals surface area contributed by atoms with Gasteiger partial charge in [-0.2, -0.15) is 0 Å². The summed E-state index contributed by atoms with van der Waals surface area (Å²) in [6.45, 7) is 9.34. The Labute approximate surface area is 112 Å². The molecule has 1 aromatic heterocycles. The number of para-hydroxylation sites is 2. The van der Waals surface area contributed by atoms with Crippen LogP contribution in [0.1, 0.15) is 16.8 Å². The molecule has 0 saturated carbocycles. The molecule has 0 aliphatic rings. The third-order valence-corrected chi connectivity index (χ3v) is 3.51. The summed E-state index contributed by atoms with van der Waals surface area (Å²) in [5, 5.41) is 1.25. The minimum atomic E-state index is 0.743. The molecule has 0 fully saturated rings. The van der Waals surface area contributed by atoms with Gasteiger partial charge in [0.2, 0.25) is 0 Å². The van der Waals surface area contributed by atoms with Crippen molar-refractivity contribution < 1.29 is 0 Å². The molecule has 0 bridgehead atoms. The fraction of sp³-hybridized carbons (Fsp3) is 0.118. The summed E-state index contributed by atoms with van der Waals surface area (Å²) in [5.74, 6) is 0. The lowest BCUT2D eigenvalue weighted by molar-refractivity contribution is 1.15. The molecule has 92 valence electrons. The van der Waals surface area contributed by atoms with Gasteiger partial charge in [0.05, 0.1) is 6.57 Å². The van der Waals surface area contributed by atoms with Crippen LogP contribution in [0.5, 0.6) is 0 Å². The number of hydrogen-bond acceptors (Lipinski definition) is 0. The van der Waals surface area contributed by atoms with E-state index in [1.165, 1.54) is 16.6 Å². The van der Waals surface area contributed by atoms with Gasteiger partial charge in [0, 0.05) is 16.6 Å². The predicted molar refractivity (Wildman–Crippen MR) is 78.5 cm³/mol. The van der Waals surface area contributed by atoms with Crippen molar-refractivity contribution in [1.29, 1.82) is 0 Å². The Bertz CT molecular complexity index is 775. The van der Waals surface area contributed by atoms with Crippen LogP contribution in [0.15, 0.2) is 48.5 Å². The third-order valence-electron chi connectivity index (χ3n) is 3.51. The van der Waals surface area contributed by atoms with Crippen molar-refractivity contribution in [3.05, 3.63) is 76.8 Å². The van der Waals surface area contributed by atoms with E-state index in [2.05, 4.69) is 35.0 Å². The zero-order valence-electron chi connectivity index (χ0n) is 10.8. The maximum atomic E-state index is 7.25. The Morgan fingerprint density at radius 1 is 1.05 bits per heavy atom. The first-order chi connectivity index (χ1) is 9.29. The molecule has 1 heterocycles. The van der Waals surface area contributed by atoms with Crippen molar-refractivity contribution in [2.24, 2.45) is 0 Å². The topological polar surface area (TPSA) is 20.1 Å². The van der Waals surface area contributed by atoms with E-state index in [0.29, 0.717) is 0 Å². The molecule has 1 N–H and O–H groups in total. The van der Waals surface area contributed by atoms with E-state index in [1.54, 1.807) is 0 Å². The smallest absolute Gasteiger partial charge is 0.190 e. The molecular weight excluding hydrogens is 232 g/mol. The van der Waals surface area contributed by atoms with Gasteiger partial charge in [-0.3, -0.25) is 0 Å². The van der Waals surface area contributed by atoms with Crippen molar-refractivity contribution in [1.82, 2.24) is 4.98 Å². The van der Waals surface area contributed by atoms with Crippen LogP contribution in [0.25, 0.3) is 15.7 Å². The Kier molecular flexibility index (Phi) is 2.81. The van der Waals surface area contributed by atoms with E-state index in [9.17, 15) is 0 Å². The summed E-state index contributed by atoms with van der Waals surface area (Å²) < 4.78 is 0. The highest BCUT2D eigenvalue weighted by Crippen LogP contribution is 2.28. The van der Waals surface area contributed by atoms with Crippen LogP contribution < -0.4 is 0 Å². The van der Waals surface area contributed by atoms with Crippen LogP contribution in [-0.4, -0.2) is 4.98 Å². The van der Waals surface area contributed by atoms with Gasteiger partial charge < -0.3 is 4.98 Å². The lowest BCUT2D eigenvalue weighted by Crippen LogP contribution is -1.89. The maximum absolute atomic E-state index is 7.25. The van der Waals surface area contributed by atoms with E-state index in [1.807, 2.05) is 30.3 Å². The van der Waals surface area contributed by atoms with Gasteiger partial charge in [0.1, 0.15) is 0 Å². The third kappa shape index (κ3) is 2.00.